The predicted octanol–water partition coefficient (Wildman–Crippen LogP) is 3.24. The van der Waals surface area contributed by atoms with Crippen molar-refractivity contribution in [2.24, 2.45) is 5.92 Å². The number of benzene rings is 1. The molecule has 0 N–H and O–H groups in total. The lowest BCUT2D eigenvalue weighted by atomic mass is 9.64. The smallest absolute Gasteiger partial charge is 0.223 e. The van der Waals surface area contributed by atoms with Crippen LogP contribution in [0.5, 0.6) is 0 Å². The van der Waals surface area contributed by atoms with Gasteiger partial charge < -0.3 is 4.90 Å². The van der Waals surface area contributed by atoms with Gasteiger partial charge in [-0.2, -0.15) is 0 Å². The Bertz CT molecular complexity index is 553. The first-order valence-electron chi connectivity index (χ1n) is 7.13. The van der Waals surface area contributed by atoms with Gasteiger partial charge >= 0.3 is 0 Å². The van der Waals surface area contributed by atoms with Crippen LogP contribution in [0.2, 0.25) is 5.02 Å². The van der Waals surface area contributed by atoms with Gasteiger partial charge in [0, 0.05) is 35.9 Å². The van der Waals surface area contributed by atoms with Gasteiger partial charge in [0.25, 0.3) is 0 Å². The molecule has 0 aromatic heterocycles. The van der Waals surface area contributed by atoms with E-state index in [0.717, 1.165) is 24.4 Å². The molecule has 0 radical (unpaired) electrons. The number of rotatable bonds is 3. The molecule has 3 heteroatoms. The van der Waals surface area contributed by atoms with Gasteiger partial charge in [-0.1, -0.05) is 30.2 Å². The summed E-state index contributed by atoms with van der Waals surface area (Å²) in [5.74, 6) is 3.00. The molecule has 2 aliphatic rings. The number of terminal acetylenes is 1. The molecule has 1 aliphatic carbocycles. The third-order valence-electron chi connectivity index (χ3n) is 4.71. The Balaban J connectivity index is 1.79. The maximum Gasteiger partial charge on any atom is 0.223 e. The summed E-state index contributed by atoms with van der Waals surface area (Å²) in [5.41, 5.74) is 1.41. The maximum absolute atomic E-state index is 12.1. The molecule has 1 aromatic rings. The normalized spacial score (nSPS) is 24.3. The van der Waals surface area contributed by atoms with Gasteiger partial charge in [0.15, 0.2) is 0 Å². The highest BCUT2D eigenvalue weighted by Crippen LogP contribution is 2.45. The fraction of sp³-hybridized carbons (Fsp3) is 0.471. The highest BCUT2D eigenvalue weighted by molar-refractivity contribution is 6.30. The van der Waals surface area contributed by atoms with Crippen LogP contribution in [0.25, 0.3) is 0 Å². The average molecular weight is 288 g/mol. The zero-order valence-electron chi connectivity index (χ0n) is 11.4. The van der Waals surface area contributed by atoms with Crippen molar-refractivity contribution < 1.29 is 4.79 Å². The fourth-order valence-corrected chi connectivity index (χ4v) is 3.47. The SMILES string of the molecule is C#CC1CC(=O)N(CC2(c3ccc(Cl)cc3)CCC2)C1. The summed E-state index contributed by atoms with van der Waals surface area (Å²) in [5, 5.41) is 0.757. The molecule has 1 aliphatic heterocycles. The standard InChI is InChI=1S/C17H18ClNO/c1-2-13-10-16(20)19(11-13)12-17(8-3-9-17)14-4-6-15(18)7-5-14/h1,4-7,13H,3,8-12H2. The summed E-state index contributed by atoms with van der Waals surface area (Å²) in [4.78, 5) is 14.0. The molecule has 1 amide bonds. The predicted molar refractivity (Wildman–Crippen MR) is 80.5 cm³/mol. The van der Waals surface area contributed by atoms with Crippen molar-refractivity contribution in [3.63, 3.8) is 0 Å². The van der Waals surface area contributed by atoms with Crippen LogP contribution in [0.15, 0.2) is 24.3 Å². The number of carbonyl (C=O) groups is 1. The van der Waals surface area contributed by atoms with Crippen molar-refractivity contribution in [3.05, 3.63) is 34.9 Å². The number of nitrogens with zero attached hydrogens (tertiary/aromatic N) is 1. The maximum atomic E-state index is 12.1. The van der Waals surface area contributed by atoms with Gasteiger partial charge in [-0.25, -0.2) is 0 Å². The second-order valence-corrected chi connectivity index (χ2v) is 6.42. The minimum Gasteiger partial charge on any atom is -0.341 e. The van der Waals surface area contributed by atoms with Gasteiger partial charge in [0.05, 0.1) is 0 Å². The van der Waals surface area contributed by atoms with Crippen LogP contribution in [0.4, 0.5) is 0 Å². The summed E-state index contributed by atoms with van der Waals surface area (Å²) < 4.78 is 0. The van der Waals surface area contributed by atoms with E-state index in [1.165, 1.54) is 12.0 Å². The van der Waals surface area contributed by atoms with E-state index in [1.807, 2.05) is 17.0 Å². The molecule has 1 aromatic carbocycles. The highest BCUT2D eigenvalue weighted by atomic mass is 35.5. The largest absolute Gasteiger partial charge is 0.341 e. The van der Waals surface area contributed by atoms with Crippen LogP contribution in [0.3, 0.4) is 0 Å². The summed E-state index contributed by atoms with van der Waals surface area (Å²) in [6, 6.07) is 8.07. The van der Waals surface area contributed by atoms with Crippen molar-refractivity contribution in [2.45, 2.75) is 31.1 Å². The number of hydrogen-bond acceptors (Lipinski definition) is 1. The second-order valence-electron chi connectivity index (χ2n) is 5.98. The Kier molecular flexibility index (Phi) is 3.48. The monoisotopic (exact) mass is 287 g/mol. The second kappa shape index (κ2) is 5.14. The molecule has 3 rings (SSSR count). The average Bonchev–Trinajstić information content (AvgIpc) is 2.76. The lowest BCUT2D eigenvalue weighted by Gasteiger charge is -2.45. The highest BCUT2D eigenvalue weighted by Gasteiger charge is 2.42. The topological polar surface area (TPSA) is 20.3 Å². The summed E-state index contributed by atoms with van der Waals surface area (Å²) in [7, 11) is 0. The van der Waals surface area contributed by atoms with Crippen LogP contribution in [-0.4, -0.2) is 23.9 Å². The lowest BCUT2D eigenvalue weighted by Crippen LogP contribution is -2.46. The molecule has 0 spiro atoms. The molecule has 1 saturated carbocycles. The van der Waals surface area contributed by atoms with E-state index in [0.29, 0.717) is 13.0 Å². The van der Waals surface area contributed by atoms with E-state index in [9.17, 15) is 4.79 Å². The van der Waals surface area contributed by atoms with Crippen LogP contribution in [-0.2, 0) is 10.2 Å². The fourth-order valence-electron chi connectivity index (χ4n) is 3.35. The zero-order chi connectivity index (χ0) is 14.2. The molecule has 1 saturated heterocycles. The van der Waals surface area contributed by atoms with Crippen LogP contribution >= 0.6 is 11.6 Å². The Morgan fingerprint density at radius 1 is 1.35 bits per heavy atom. The summed E-state index contributed by atoms with van der Waals surface area (Å²) in [6.07, 6.45) is 9.46. The number of likely N-dealkylation sites (tertiary alicyclic amines) is 1. The molecule has 1 atom stereocenters. The van der Waals surface area contributed by atoms with Crippen LogP contribution in [0, 0.1) is 18.3 Å². The van der Waals surface area contributed by atoms with E-state index >= 15 is 0 Å². The van der Waals surface area contributed by atoms with Gasteiger partial charge in [-0.05, 0) is 30.5 Å². The third kappa shape index (κ3) is 2.31. The molecule has 2 nitrogen and oxygen atoms in total. The molecule has 20 heavy (non-hydrogen) atoms. The van der Waals surface area contributed by atoms with Crippen LogP contribution < -0.4 is 0 Å². The Morgan fingerprint density at radius 3 is 2.55 bits per heavy atom. The van der Waals surface area contributed by atoms with Gasteiger partial charge in [-0.3, -0.25) is 4.79 Å². The Morgan fingerprint density at radius 2 is 2.05 bits per heavy atom. The van der Waals surface area contributed by atoms with Crippen molar-refractivity contribution in [1.82, 2.24) is 4.90 Å². The number of hydrogen-bond donors (Lipinski definition) is 0. The number of halogens is 1. The van der Waals surface area contributed by atoms with E-state index in [4.69, 9.17) is 18.0 Å². The summed E-state index contributed by atoms with van der Waals surface area (Å²) >= 11 is 5.97. The first-order valence-corrected chi connectivity index (χ1v) is 7.51. The molecule has 1 heterocycles. The molecule has 104 valence electrons. The molecular formula is C17H18ClNO. The van der Waals surface area contributed by atoms with Gasteiger partial charge in [0.2, 0.25) is 5.91 Å². The molecule has 2 fully saturated rings. The van der Waals surface area contributed by atoms with E-state index < -0.39 is 0 Å². The van der Waals surface area contributed by atoms with Crippen LogP contribution in [0.1, 0.15) is 31.2 Å². The molecule has 0 bridgehead atoms. The number of carbonyl (C=O) groups excluding carboxylic acids is 1. The van der Waals surface area contributed by atoms with Gasteiger partial charge in [-0.15, -0.1) is 12.3 Å². The third-order valence-corrected chi connectivity index (χ3v) is 4.96. The quantitative estimate of drug-likeness (QED) is 0.782. The zero-order valence-corrected chi connectivity index (χ0v) is 12.2. The van der Waals surface area contributed by atoms with E-state index in [-0.39, 0.29) is 17.2 Å². The molecule has 1 unspecified atom stereocenters. The van der Waals surface area contributed by atoms with E-state index in [1.54, 1.807) is 0 Å². The first kappa shape index (κ1) is 13.5. The molecular weight excluding hydrogens is 270 g/mol. The summed E-state index contributed by atoms with van der Waals surface area (Å²) in [6.45, 7) is 1.51. The van der Waals surface area contributed by atoms with Gasteiger partial charge in [0.1, 0.15) is 0 Å². The Hall–Kier alpha value is -1.46. The Labute approximate surface area is 125 Å². The van der Waals surface area contributed by atoms with Crippen molar-refractivity contribution in [3.8, 4) is 12.3 Å². The number of amides is 1. The first-order chi connectivity index (χ1) is 9.63. The van der Waals surface area contributed by atoms with E-state index in [2.05, 4.69) is 18.1 Å². The van der Waals surface area contributed by atoms with Crippen molar-refractivity contribution >= 4 is 17.5 Å². The minimum atomic E-state index is 0.0878. The van der Waals surface area contributed by atoms with Crippen molar-refractivity contribution in [1.29, 1.82) is 0 Å². The minimum absolute atomic E-state index is 0.0878. The van der Waals surface area contributed by atoms with Crippen molar-refractivity contribution in [2.75, 3.05) is 13.1 Å². The lowest BCUT2D eigenvalue weighted by molar-refractivity contribution is -0.129.